The van der Waals surface area contributed by atoms with Crippen LogP contribution in [-0.2, 0) is 0 Å². The van der Waals surface area contributed by atoms with Crippen LogP contribution in [0.3, 0.4) is 0 Å². The fraction of sp³-hybridized carbons (Fsp3) is 0. The number of para-hydroxylation sites is 5. The van der Waals surface area contributed by atoms with Gasteiger partial charge in [-0.1, -0.05) is 145 Å². The topological polar surface area (TPSA) is 9.72 Å². The Morgan fingerprint density at radius 1 is 0.340 bits per heavy atom. The van der Waals surface area contributed by atoms with E-state index in [1.54, 1.807) is 0 Å². The Balaban J connectivity index is 1.26. The van der Waals surface area contributed by atoms with Gasteiger partial charge in [-0.25, -0.2) is 0 Å². The number of hydrogen-bond donors (Lipinski definition) is 0. The maximum absolute atomic E-state index is 2.53. The van der Waals surface area contributed by atoms with Gasteiger partial charge >= 0.3 is 0 Å². The molecule has 0 atom stereocenters. The molecule has 0 unspecified atom stereocenters. The van der Waals surface area contributed by atoms with Gasteiger partial charge in [0, 0.05) is 32.5 Å². The Morgan fingerprint density at radius 3 is 1.51 bits per heavy atom. The maximum atomic E-state index is 2.53. The van der Waals surface area contributed by atoms with Crippen molar-refractivity contribution in [2.75, 3.05) is 14.7 Å². The van der Waals surface area contributed by atoms with Gasteiger partial charge in [-0.05, 0) is 88.8 Å². The summed E-state index contributed by atoms with van der Waals surface area (Å²) in [4.78, 5) is 10.1. The molecule has 8 aromatic rings. The Hall–Kier alpha value is -6.43. The third-order valence-electron chi connectivity index (χ3n) is 10.8. The maximum Gasteiger partial charge on any atom is 0.249 e. The van der Waals surface area contributed by atoms with Crippen molar-refractivity contribution in [3.63, 3.8) is 0 Å². The molecule has 0 amide bonds. The van der Waals surface area contributed by atoms with Gasteiger partial charge in [0.2, 0.25) is 6.71 Å². The third kappa shape index (κ3) is 4.64. The predicted octanol–water partition coefficient (Wildman–Crippen LogP) is 11.4. The van der Waals surface area contributed by atoms with E-state index in [2.05, 4.69) is 209 Å². The predicted molar refractivity (Wildman–Crippen MR) is 225 cm³/mol. The highest BCUT2D eigenvalue weighted by atomic mass is 32.2. The van der Waals surface area contributed by atoms with Crippen molar-refractivity contribution in [3.8, 4) is 11.1 Å². The van der Waals surface area contributed by atoms with Crippen LogP contribution >= 0.6 is 11.8 Å². The Labute approximate surface area is 314 Å². The highest BCUT2D eigenvalue weighted by Gasteiger charge is 2.45. The van der Waals surface area contributed by atoms with Crippen molar-refractivity contribution < 1.29 is 0 Å². The number of fused-ring (bicyclic) bond motifs is 7. The van der Waals surface area contributed by atoms with Gasteiger partial charge in [0.05, 0.1) is 28.4 Å². The van der Waals surface area contributed by atoms with Crippen molar-refractivity contribution in [2.45, 2.75) is 9.79 Å². The standard InChI is InChI=1S/C48H32BN3S/c1-4-16-33(17-5-1)34-28-30-37(31-29-34)50-41-25-13-14-26-42(41)52(36-20-8-3-9-21-36)47-43(50)32-45-46-48(47)51(35-18-6-2-7-19-35)40-24-12-10-22-38(40)49(46)39-23-11-15-27-44(39)53-45/h1-32H. The van der Waals surface area contributed by atoms with Crippen LogP contribution in [0.1, 0.15) is 0 Å². The van der Waals surface area contributed by atoms with E-state index in [0.717, 1.165) is 34.1 Å². The second-order valence-electron chi connectivity index (χ2n) is 13.7. The first-order chi connectivity index (χ1) is 26.3. The summed E-state index contributed by atoms with van der Waals surface area (Å²) in [5.74, 6) is 0. The van der Waals surface area contributed by atoms with Crippen molar-refractivity contribution in [3.05, 3.63) is 194 Å². The monoisotopic (exact) mass is 693 g/mol. The van der Waals surface area contributed by atoms with Crippen LogP contribution in [0.5, 0.6) is 0 Å². The summed E-state index contributed by atoms with van der Waals surface area (Å²) in [5.41, 5.74) is 16.9. The lowest BCUT2D eigenvalue weighted by molar-refractivity contribution is 1.14. The molecule has 0 aliphatic carbocycles. The smallest absolute Gasteiger partial charge is 0.249 e. The van der Waals surface area contributed by atoms with E-state index < -0.39 is 0 Å². The summed E-state index contributed by atoms with van der Waals surface area (Å²) < 4.78 is 0. The minimum absolute atomic E-state index is 0.0901. The zero-order valence-corrected chi connectivity index (χ0v) is 29.6. The van der Waals surface area contributed by atoms with E-state index in [-0.39, 0.29) is 6.71 Å². The second-order valence-corrected chi connectivity index (χ2v) is 14.8. The molecule has 3 aliphatic heterocycles. The Morgan fingerprint density at radius 2 is 0.830 bits per heavy atom. The van der Waals surface area contributed by atoms with Gasteiger partial charge < -0.3 is 14.7 Å². The van der Waals surface area contributed by atoms with E-state index in [9.17, 15) is 0 Å². The molecule has 8 aromatic carbocycles. The van der Waals surface area contributed by atoms with E-state index in [4.69, 9.17) is 0 Å². The molecule has 0 aromatic heterocycles. The van der Waals surface area contributed by atoms with Gasteiger partial charge in [-0.3, -0.25) is 0 Å². The van der Waals surface area contributed by atoms with Crippen LogP contribution in [-0.4, -0.2) is 6.71 Å². The molecule has 0 saturated carbocycles. The molecule has 3 nitrogen and oxygen atoms in total. The van der Waals surface area contributed by atoms with Crippen molar-refractivity contribution >= 4 is 86.0 Å². The number of hydrogen-bond acceptors (Lipinski definition) is 4. The molecular weight excluding hydrogens is 661 g/mol. The van der Waals surface area contributed by atoms with E-state index in [1.165, 1.54) is 54.4 Å². The summed E-state index contributed by atoms with van der Waals surface area (Å²) >= 11 is 1.90. The SMILES string of the molecule is c1ccc(-c2ccc(N3c4ccccc4N(c4ccccc4)c4c3cc3c5c4N(c4ccccc4)c4ccccc4B5c4ccccc4S3)cc2)cc1. The normalized spacial score (nSPS) is 13.4. The lowest BCUT2D eigenvalue weighted by Crippen LogP contribution is -2.60. The number of nitrogens with zero attached hydrogens (tertiary/aromatic N) is 3. The summed E-state index contributed by atoms with van der Waals surface area (Å²) in [6.45, 7) is 0.0901. The lowest BCUT2D eigenvalue weighted by atomic mass is 9.34. The van der Waals surface area contributed by atoms with Gasteiger partial charge in [-0.15, -0.1) is 0 Å². The molecule has 11 rings (SSSR count). The first-order valence-electron chi connectivity index (χ1n) is 18.1. The number of anilines is 9. The minimum atomic E-state index is 0.0901. The molecule has 0 N–H and O–H groups in total. The summed E-state index contributed by atoms with van der Waals surface area (Å²) in [7, 11) is 0. The molecule has 0 bridgehead atoms. The summed E-state index contributed by atoms with van der Waals surface area (Å²) in [6.07, 6.45) is 0. The van der Waals surface area contributed by atoms with E-state index in [1.807, 2.05) is 11.8 Å². The molecule has 0 spiro atoms. The summed E-state index contributed by atoms with van der Waals surface area (Å²) in [6, 6.07) is 70.8. The zero-order valence-electron chi connectivity index (χ0n) is 28.8. The average Bonchev–Trinajstić information content (AvgIpc) is 3.23. The molecular formula is C48H32BN3S. The zero-order chi connectivity index (χ0) is 34.9. The first-order valence-corrected chi connectivity index (χ1v) is 19.0. The second kappa shape index (κ2) is 12.1. The minimum Gasteiger partial charge on any atom is -0.309 e. The first kappa shape index (κ1) is 30.2. The van der Waals surface area contributed by atoms with Gasteiger partial charge in [-0.2, -0.15) is 0 Å². The van der Waals surface area contributed by atoms with E-state index >= 15 is 0 Å². The molecule has 3 aliphatic rings. The average molecular weight is 694 g/mol. The van der Waals surface area contributed by atoms with Crippen molar-refractivity contribution in [2.24, 2.45) is 0 Å². The number of benzene rings is 8. The molecule has 248 valence electrons. The highest BCUT2D eigenvalue weighted by Crippen LogP contribution is 2.60. The molecule has 53 heavy (non-hydrogen) atoms. The Kier molecular flexibility index (Phi) is 6.89. The van der Waals surface area contributed by atoms with Crippen LogP contribution < -0.4 is 31.1 Å². The van der Waals surface area contributed by atoms with Crippen LogP contribution in [0, 0.1) is 0 Å². The fourth-order valence-corrected chi connectivity index (χ4v) is 9.76. The van der Waals surface area contributed by atoms with Crippen LogP contribution in [0.15, 0.2) is 204 Å². The molecule has 0 radical (unpaired) electrons. The van der Waals surface area contributed by atoms with Crippen molar-refractivity contribution in [1.29, 1.82) is 0 Å². The van der Waals surface area contributed by atoms with Gasteiger partial charge in [0.25, 0.3) is 0 Å². The largest absolute Gasteiger partial charge is 0.309 e. The number of rotatable bonds is 4. The fourth-order valence-electron chi connectivity index (χ4n) is 8.58. The summed E-state index contributed by atoms with van der Waals surface area (Å²) in [5, 5.41) is 0. The molecule has 3 heterocycles. The highest BCUT2D eigenvalue weighted by molar-refractivity contribution is 8.00. The third-order valence-corrected chi connectivity index (χ3v) is 11.9. The van der Waals surface area contributed by atoms with Gasteiger partial charge in [0.1, 0.15) is 0 Å². The Bertz CT molecular complexity index is 2660. The van der Waals surface area contributed by atoms with Crippen molar-refractivity contribution in [1.82, 2.24) is 0 Å². The quantitative estimate of drug-likeness (QED) is 0.170. The van der Waals surface area contributed by atoms with Crippen LogP contribution in [0.2, 0.25) is 0 Å². The van der Waals surface area contributed by atoms with Crippen LogP contribution in [0.25, 0.3) is 11.1 Å². The van der Waals surface area contributed by atoms with Gasteiger partial charge in [0.15, 0.2) is 0 Å². The molecule has 0 saturated heterocycles. The molecule has 5 heteroatoms. The van der Waals surface area contributed by atoms with E-state index in [0.29, 0.717) is 0 Å². The molecule has 0 fully saturated rings. The lowest BCUT2D eigenvalue weighted by Gasteiger charge is -2.47. The van der Waals surface area contributed by atoms with Crippen LogP contribution in [0.4, 0.5) is 51.2 Å².